The van der Waals surface area contributed by atoms with Gasteiger partial charge in [0.05, 0.1) is 18.5 Å². The van der Waals surface area contributed by atoms with Gasteiger partial charge in [0.25, 0.3) is 0 Å². The first-order chi connectivity index (χ1) is 12.5. The Morgan fingerprint density at radius 3 is 2.50 bits per heavy atom. The van der Waals surface area contributed by atoms with Gasteiger partial charge in [-0.25, -0.2) is 13.6 Å². The number of carbonyl (C=O) groups is 1. The third-order valence-electron chi connectivity index (χ3n) is 4.22. The third kappa shape index (κ3) is 3.99. The van der Waals surface area contributed by atoms with Crippen molar-refractivity contribution < 1.29 is 18.3 Å². The van der Waals surface area contributed by atoms with E-state index in [9.17, 15) is 13.6 Å². The van der Waals surface area contributed by atoms with E-state index in [1.54, 1.807) is 28.0 Å². The van der Waals surface area contributed by atoms with Crippen molar-refractivity contribution in [3.63, 3.8) is 0 Å². The number of nitrogens with one attached hydrogen (secondary N) is 1. The van der Waals surface area contributed by atoms with Gasteiger partial charge >= 0.3 is 6.03 Å². The van der Waals surface area contributed by atoms with Crippen LogP contribution in [0.2, 0.25) is 5.02 Å². The Labute approximate surface area is 155 Å². The molecular formula is C18H18ClF2N3O2. The van der Waals surface area contributed by atoms with Gasteiger partial charge in [-0.05, 0) is 30.3 Å². The Morgan fingerprint density at radius 1 is 1.12 bits per heavy atom. The van der Waals surface area contributed by atoms with E-state index >= 15 is 0 Å². The number of rotatable bonds is 3. The van der Waals surface area contributed by atoms with E-state index in [1.807, 2.05) is 0 Å². The molecule has 1 aliphatic rings. The second-order valence-corrected chi connectivity index (χ2v) is 6.28. The zero-order valence-electron chi connectivity index (χ0n) is 14.1. The summed E-state index contributed by atoms with van der Waals surface area (Å²) in [6.45, 7) is 1.71. The van der Waals surface area contributed by atoms with Gasteiger partial charge < -0.3 is 19.9 Å². The Kier molecular flexibility index (Phi) is 5.46. The standard InChI is InChI=1S/C18H18ClF2N3O2/c1-26-17-5-2-12(19)10-15(17)22-18(25)24-8-6-23(7-9-24)16-4-3-13(20)11-14(16)21/h2-5,10-11H,6-9H2,1H3,(H,22,25). The van der Waals surface area contributed by atoms with E-state index in [1.165, 1.54) is 19.2 Å². The van der Waals surface area contributed by atoms with Gasteiger partial charge in [0.1, 0.15) is 17.4 Å². The first-order valence-electron chi connectivity index (χ1n) is 8.07. The van der Waals surface area contributed by atoms with E-state index in [4.69, 9.17) is 16.3 Å². The van der Waals surface area contributed by atoms with Crippen LogP contribution in [0, 0.1) is 11.6 Å². The summed E-state index contributed by atoms with van der Waals surface area (Å²) < 4.78 is 32.2. The number of hydrogen-bond acceptors (Lipinski definition) is 3. The number of hydrogen-bond donors (Lipinski definition) is 1. The van der Waals surface area contributed by atoms with Gasteiger partial charge in [0.2, 0.25) is 0 Å². The highest BCUT2D eigenvalue weighted by Gasteiger charge is 2.23. The molecule has 0 bridgehead atoms. The lowest BCUT2D eigenvalue weighted by Crippen LogP contribution is -2.50. The van der Waals surface area contributed by atoms with Crippen LogP contribution in [-0.2, 0) is 0 Å². The van der Waals surface area contributed by atoms with Crippen LogP contribution in [0.4, 0.5) is 25.0 Å². The van der Waals surface area contributed by atoms with Gasteiger partial charge in [-0.3, -0.25) is 0 Å². The zero-order chi connectivity index (χ0) is 18.7. The van der Waals surface area contributed by atoms with Crippen LogP contribution in [0.15, 0.2) is 36.4 Å². The molecule has 2 amide bonds. The van der Waals surface area contributed by atoms with E-state index in [-0.39, 0.29) is 6.03 Å². The number of amides is 2. The maximum Gasteiger partial charge on any atom is 0.322 e. The summed E-state index contributed by atoms with van der Waals surface area (Å²) in [6, 6.07) is 8.17. The smallest absolute Gasteiger partial charge is 0.322 e. The Balaban J connectivity index is 1.63. The number of benzene rings is 2. The maximum atomic E-state index is 13.9. The number of piperazine rings is 1. The topological polar surface area (TPSA) is 44.8 Å². The molecule has 0 aliphatic carbocycles. The molecule has 5 nitrogen and oxygen atoms in total. The van der Waals surface area contributed by atoms with Crippen molar-refractivity contribution in [2.45, 2.75) is 0 Å². The minimum atomic E-state index is -0.611. The minimum Gasteiger partial charge on any atom is -0.495 e. The van der Waals surface area contributed by atoms with Crippen LogP contribution >= 0.6 is 11.6 Å². The minimum absolute atomic E-state index is 0.287. The average Bonchev–Trinajstić information content (AvgIpc) is 2.62. The monoisotopic (exact) mass is 381 g/mol. The second kappa shape index (κ2) is 7.78. The van der Waals surface area contributed by atoms with Crippen LogP contribution in [0.25, 0.3) is 0 Å². The molecule has 1 heterocycles. The molecule has 2 aromatic rings. The summed E-state index contributed by atoms with van der Waals surface area (Å²) in [5.41, 5.74) is 0.819. The number of methoxy groups -OCH3 is 1. The SMILES string of the molecule is COc1ccc(Cl)cc1NC(=O)N1CCN(c2ccc(F)cc2F)CC1. The molecule has 1 saturated heterocycles. The molecule has 0 radical (unpaired) electrons. The highest BCUT2D eigenvalue weighted by molar-refractivity contribution is 6.31. The van der Waals surface area contributed by atoms with Crippen molar-refractivity contribution in [1.82, 2.24) is 4.90 Å². The predicted molar refractivity (Wildman–Crippen MR) is 97.2 cm³/mol. The molecule has 3 rings (SSSR count). The fourth-order valence-electron chi connectivity index (χ4n) is 2.86. The molecule has 1 fully saturated rings. The summed E-state index contributed by atoms with van der Waals surface area (Å²) in [7, 11) is 1.51. The normalized spacial score (nSPS) is 14.3. The lowest BCUT2D eigenvalue weighted by molar-refractivity contribution is 0.208. The van der Waals surface area contributed by atoms with Crippen LogP contribution in [0.3, 0.4) is 0 Å². The van der Waals surface area contributed by atoms with E-state index in [0.29, 0.717) is 48.3 Å². The molecule has 0 saturated carbocycles. The number of urea groups is 1. The van der Waals surface area contributed by atoms with Gasteiger partial charge in [-0.2, -0.15) is 0 Å². The predicted octanol–water partition coefficient (Wildman–Crippen LogP) is 3.98. The molecular weight excluding hydrogens is 364 g/mol. The van der Waals surface area contributed by atoms with Crippen molar-refractivity contribution >= 4 is 29.0 Å². The molecule has 0 atom stereocenters. The maximum absolute atomic E-state index is 13.9. The number of ether oxygens (including phenoxy) is 1. The molecule has 0 unspecified atom stereocenters. The van der Waals surface area contributed by atoms with Crippen LogP contribution in [0.5, 0.6) is 5.75 Å². The lowest BCUT2D eigenvalue weighted by Gasteiger charge is -2.36. The van der Waals surface area contributed by atoms with Crippen molar-refractivity contribution in [1.29, 1.82) is 0 Å². The van der Waals surface area contributed by atoms with E-state index in [0.717, 1.165) is 6.07 Å². The number of carbonyl (C=O) groups excluding carboxylic acids is 1. The summed E-state index contributed by atoms with van der Waals surface area (Å²) in [5, 5.41) is 3.26. The van der Waals surface area contributed by atoms with E-state index < -0.39 is 11.6 Å². The Bertz CT molecular complexity index is 811. The van der Waals surface area contributed by atoms with E-state index in [2.05, 4.69) is 5.32 Å². The highest BCUT2D eigenvalue weighted by Crippen LogP contribution is 2.28. The van der Waals surface area contributed by atoms with Crippen molar-refractivity contribution in [2.75, 3.05) is 43.5 Å². The van der Waals surface area contributed by atoms with Crippen molar-refractivity contribution in [3.05, 3.63) is 53.1 Å². The number of anilines is 2. The quantitative estimate of drug-likeness (QED) is 0.874. The molecule has 0 aromatic heterocycles. The zero-order valence-corrected chi connectivity index (χ0v) is 14.9. The molecule has 1 aliphatic heterocycles. The second-order valence-electron chi connectivity index (χ2n) is 5.84. The lowest BCUT2D eigenvalue weighted by atomic mass is 10.2. The van der Waals surface area contributed by atoms with Gasteiger partial charge in [0, 0.05) is 37.3 Å². The van der Waals surface area contributed by atoms with Crippen LogP contribution < -0.4 is 15.0 Å². The Morgan fingerprint density at radius 2 is 1.85 bits per heavy atom. The van der Waals surface area contributed by atoms with Crippen LogP contribution in [0.1, 0.15) is 0 Å². The molecule has 1 N–H and O–H groups in total. The summed E-state index contributed by atoms with van der Waals surface area (Å²) in [4.78, 5) is 15.9. The number of nitrogens with zero attached hydrogens (tertiary/aromatic N) is 2. The molecule has 138 valence electrons. The summed E-state index contributed by atoms with van der Waals surface area (Å²) >= 11 is 5.97. The summed E-state index contributed by atoms with van der Waals surface area (Å²) in [5.74, 6) is -0.707. The fourth-order valence-corrected chi connectivity index (χ4v) is 3.03. The van der Waals surface area contributed by atoms with Crippen LogP contribution in [-0.4, -0.2) is 44.2 Å². The first-order valence-corrected chi connectivity index (χ1v) is 8.45. The number of halogens is 3. The average molecular weight is 382 g/mol. The van der Waals surface area contributed by atoms with Crippen molar-refractivity contribution in [2.24, 2.45) is 0 Å². The fraction of sp³-hybridized carbons (Fsp3) is 0.278. The molecule has 8 heteroatoms. The largest absolute Gasteiger partial charge is 0.495 e. The molecule has 0 spiro atoms. The molecule has 2 aromatic carbocycles. The van der Waals surface area contributed by atoms with Gasteiger partial charge in [-0.15, -0.1) is 0 Å². The van der Waals surface area contributed by atoms with Crippen molar-refractivity contribution in [3.8, 4) is 5.75 Å². The summed E-state index contributed by atoms with van der Waals surface area (Å²) in [6.07, 6.45) is 0. The molecule has 26 heavy (non-hydrogen) atoms. The van der Waals surface area contributed by atoms with Gasteiger partial charge in [-0.1, -0.05) is 11.6 Å². The first kappa shape index (κ1) is 18.3. The third-order valence-corrected chi connectivity index (χ3v) is 4.46. The van der Waals surface area contributed by atoms with Gasteiger partial charge in [0.15, 0.2) is 0 Å². The highest BCUT2D eigenvalue weighted by atomic mass is 35.5. The Hall–Kier alpha value is -2.54.